The van der Waals surface area contributed by atoms with Gasteiger partial charge in [-0.1, -0.05) is 30.3 Å². The Morgan fingerprint density at radius 1 is 1.14 bits per heavy atom. The molecule has 4 nitrogen and oxygen atoms in total. The van der Waals surface area contributed by atoms with Crippen molar-refractivity contribution < 1.29 is 19.1 Å². The first-order valence-corrected chi connectivity index (χ1v) is 6.54. The average molecular weight is 283 g/mol. The summed E-state index contributed by atoms with van der Waals surface area (Å²) in [4.78, 5) is 23.6. The minimum atomic E-state index is -0.435. The third kappa shape index (κ3) is 3.28. The molecular formula is C17H15O4. The summed E-state index contributed by atoms with van der Waals surface area (Å²) in [7, 11) is 1.34. The number of rotatable bonds is 4. The zero-order valence-corrected chi connectivity index (χ0v) is 11.9. The van der Waals surface area contributed by atoms with E-state index in [9.17, 15) is 9.59 Å². The van der Waals surface area contributed by atoms with Crippen molar-refractivity contribution in [3.8, 4) is 11.1 Å². The molecule has 2 rings (SSSR count). The Bertz CT molecular complexity index is 661. The second kappa shape index (κ2) is 6.70. The number of hydrogen-bond acceptors (Lipinski definition) is 4. The summed E-state index contributed by atoms with van der Waals surface area (Å²) in [5.41, 5.74) is 2.21. The monoisotopic (exact) mass is 283 g/mol. The molecule has 21 heavy (non-hydrogen) atoms. The van der Waals surface area contributed by atoms with Crippen LogP contribution < -0.4 is 0 Å². The number of carbonyl (C=O) groups is 2. The van der Waals surface area contributed by atoms with Gasteiger partial charge in [0.2, 0.25) is 0 Å². The maximum absolute atomic E-state index is 11.8. The number of ether oxygens (including phenoxy) is 2. The van der Waals surface area contributed by atoms with E-state index in [1.807, 2.05) is 6.07 Å². The summed E-state index contributed by atoms with van der Waals surface area (Å²) >= 11 is 0. The summed E-state index contributed by atoms with van der Waals surface area (Å²) in [6.07, 6.45) is 0. The highest BCUT2D eigenvalue weighted by Crippen LogP contribution is 2.25. The second-order valence-electron chi connectivity index (χ2n) is 4.25. The molecule has 0 fully saturated rings. The van der Waals surface area contributed by atoms with Crippen LogP contribution in [0.1, 0.15) is 27.6 Å². The lowest BCUT2D eigenvalue weighted by atomic mass is 9.98. The smallest absolute Gasteiger partial charge is 0.338 e. The summed E-state index contributed by atoms with van der Waals surface area (Å²) in [5.74, 6) is -0.856. The van der Waals surface area contributed by atoms with Crippen LogP contribution in [0.5, 0.6) is 0 Å². The molecule has 0 heterocycles. The molecule has 2 aromatic rings. The van der Waals surface area contributed by atoms with Crippen LogP contribution >= 0.6 is 0 Å². The lowest BCUT2D eigenvalue weighted by Crippen LogP contribution is -2.06. The van der Waals surface area contributed by atoms with Gasteiger partial charge >= 0.3 is 11.9 Å². The van der Waals surface area contributed by atoms with E-state index in [1.54, 1.807) is 43.3 Å². The van der Waals surface area contributed by atoms with E-state index >= 15 is 0 Å². The first kappa shape index (κ1) is 14.8. The Hall–Kier alpha value is -2.62. The molecule has 0 atom stereocenters. The molecule has 0 bridgehead atoms. The molecule has 2 aromatic carbocycles. The molecule has 1 radical (unpaired) electrons. The average Bonchev–Trinajstić information content (AvgIpc) is 2.54. The molecule has 0 N–H and O–H groups in total. The fraction of sp³-hybridized carbons (Fsp3) is 0.176. The first-order valence-electron chi connectivity index (χ1n) is 6.54. The Morgan fingerprint density at radius 2 is 1.90 bits per heavy atom. The van der Waals surface area contributed by atoms with Gasteiger partial charge in [-0.15, -0.1) is 0 Å². The fourth-order valence-corrected chi connectivity index (χ4v) is 1.98. The number of methoxy groups -OCH3 is 1. The molecule has 107 valence electrons. The Balaban J connectivity index is 2.46. The van der Waals surface area contributed by atoms with Gasteiger partial charge in [-0.05, 0) is 36.2 Å². The van der Waals surface area contributed by atoms with Crippen molar-refractivity contribution in [1.82, 2.24) is 0 Å². The predicted octanol–water partition coefficient (Wildman–Crippen LogP) is 3.12. The topological polar surface area (TPSA) is 52.6 Å². The Morgan fingerprint density at radius 3 is 2.62 bits per heavy atom. The highest BCUT2D eigenvalue weighted by atomic mass is 16.5. The first-order chi connectivity index (χ1) is 10.2. The van der Waals surface area contributed by atoms with Crippen LogP contribution in [0.4, 0.5) is 0 Å². The number of benzene rings is 2. The largest absolute Gasteiger partial charge is 0.465 e. The standard InChI is InChI=1S/C17H15O4/c1-3-21-16(18)13-8-6-7-12(11-13)14-9-4-5-10-15(14)17(19)20-2/h4-7,9-11H,3H2,1-2H3. The van der Waals surface area contributed by atoms with E-state index < -0.39 is 11.9 Å². The summed E-state index contributed by atoms with van der Waals surface area (Å²) in [6.45, 7) is 2.05. The van der Waals surface area contributed by atoms with Crippen molar-refractivity contribution in [3.63, 3.8) is 0 Å². The van der Waals surface area contributed by atoms with Crippen molar-refractivity contribution >= 4 is 11.9 Å². The third-order valence-corrected chi connectivity index (χ3v) is 2.94. The van der Waals surface area contributed by atoms with Crippen LogP contribution in [-0.2, 0) is 9.47 Å². The molecule has 0 saturated carbocycles. The van der Waals surface area contributed by atoms with E-state index in [0.717, 1.165) is 5.56 Å². The van der Waals surface area contributed by atoms with Gasteiger partial charge in [0.1, 0.15) is 0 Å². The molecule has 4 heteroatoms. The van der Waals surface area contributed by atoms with Gasteiger partial charge in [-0.3, -0.25) is 0 Å². The van der Waals surface area contributed by atoms with Crippen molar-refractivity contribution in [1.29, 1.82) is 0 Å². The molecule has 0 amide bonds. The van der Waals surface area contributed by atoms with Gasteiger partial charge < -0.3 is 9.47 Å². The SMILES string of the molecule is CCOC(=O)c1[c]ccc(-c2ccccc2C(=O)OC)c1. The molecule has 0 aromatic heterocycles. The minimum absolute atomic E-state index is 0.301. The highest BCUT2D eigenvalue weighted by Gasteiger charge is 2.14. The van der Waals surface area contributed by atoms with Crippen molar-refractivity contribution in [3.05, 3.63) is 59.7 Å². The fourth-order valence-electron chi connectivity index (χ4n) is 1.98. The van der Waals surface area contributed by atoms with E-state index in [-0.39, 0.29) is 0 Å². The zero-order valence-electron chi connectivity index (χ0n) is 11.9. The lowest BCUT2D eigenvalue weighted by Gasteiger charge is -2.09. The molecule has 0 aliphatic heterocycles. The van der Waals surface area contributed by atoms with Crippen LogP contribution in [0.25, 0.3) is 11.1 Å². The van der Waals surface area contributed by atoms with Gasteiger partial charge in [0.25, 0.3) is 0 Å². The van der Waals surface area contributed by atoms with Crippen LogP contribution in [0, 0.1) is 6.07 Å². The summed E-state index contributed by atoms with van der Waals surface area (Å²) < 4.78 is 9.73. The van der Waals surface area contributed by atoms with Crippen molar-refractivity contribution in [2.24, 2.45) is 0 Å². The van der Waals surface area contributed by atoms with E-state index in [1.165, 1.54) is 7.11 Å². The van der Waals surface area contributed by atoms with Crippen molar-refractivity contribution in [2.45, 2.75) is 6.92 Å². The van der Waals surface area contributed by atoms with Crippen molar-refractivity contribution in [2.75, 3.05) is 13.7 Å². The van der Waals surface area contributed by atoms with Crippen LogP contribution in [0.15, 0.2) is 42.5 Å². The quantitative estimate of drug-likeness (QED) is 0.809. The van der Waals surface area contributed by atoms with Crippen LogP contribution in [0.3, 0.4) is 0 Å². The number of carbonyl (C=O) groups excluding carboxylic acids is 2. The third-order valence-electron chi connectivity index (χ3n) is 2.94. The number of hydrogen-bond donors (Lipinski definition) is 0. The lowest BCUT2D eigenvalue weighted by molar-refractivity contribution is 0.0525. The molecule has 0 spiro atoms. The van der Waals surface area contributed by atoms with Gasteiger partial charge in [0, 0.05) is 0 Å². The highest BCUT2D eigenvalue weighted by molar-refractivity contribution is 5.98. The van der Waals surface area contributed by atoms with E-state index in [4.69, 9.17) is 9.47 Å². The normalized spacial score (nSPS) is 10.0. The van der Waals surface area contributed by atoms with Gasteiger partial charge in [0.05, 0.1) is 24.8 Å². The minimum Gasteiger partial charge on any atom is -0.465 e. The molecular weight excluding hydrogens is 268 g/mol. The van der Waals surface area contributed by atoms with Crippen LogP contribution in [-0.4, -0.2) is 25.7 Å². The van der Waals surface area contributed by atoms with E-state index in [0.29, 0.717) is 23.3 Å². The van der Waals surface area contributed by atoms with E-state index in [2.05, 4.69) is 6.07 Å². The molecule has 0 aliphatic carbocycles. The molecule has 0 saturated heterocycles. The van der Waals surface area contributed by atoms with Gasteiger partial charge in [-0.25, -0.2) is 9.59 Å². The van der Waals surface area contributed by atoms with Gasteiger partial charge in [0.15, 0.2) is 0 Å². The second-order valence-corrected chi connectivity index (χ2v) is 4.25. The summed E-state index contributed by atoms with van der Waals surface area (Å²) in [6, 6.07) is 15.0. The zero-order chi connectivity index (χ0) is 15.2. The Kier molecular flexibility index (Phi) is 4.72. The number of esters is 2. The predicted molar refractivity (Wildman–Crippen MR) is 78.0 cm³/mol. The Labute approximate surface area is 123 Å². The molecule has 0 unspecified atom stereocenters. The van der Waals surface area contributed by atoms with Crippen LogP contribution in [0.2, 0.25) is 0 Å². The summed E-state index contributed by atoms with van der Waals surface area (Å²) in [5, 5.41) is 0. The maximum atomic E-state index is 11.8. The maximum Gasteiger partial charge on any atom is 0.338 e. The van der Waals surface area contributed by atoms with Gasteiger partial charge in [-0.2, -0.15) is 0 Å². The molecule has 0 aliphatic rings.